The third-order valence-corrected chi connectivity index (χ3v) is 5.43. The number of carbonyl (C=O) groups excluding carboxylic acids is 1. The van der Waals surface area contributed by atoms with Crippen LogP contribution in [0.3, 0.4) is 0 Å². The molecule has 0 radical (unpaired) electrons. The molecule has 1 aliphatic heterocycles. The van der Waals surface area contributed by atoms with Crippen LogP contribution in [0.2, 0.25) is 0 Å². The number of hydrogen-bond acceptors (Lipinski definition) is 3. The molecule has 2 rings (SSSR count). The van der Waals surface area contributed by atoms with Gasteiger partial charge >= 0.3 is 0 Å². The number of nitrogens with zero attached hydrogens (tertiary/aromatic N) is 2. The molecule has 0 unspecified atom stereocenters. The summed E-state index contributed by atoms with van der Waals surface area (Å²) in [5.41, 5.74) is 2.87. The van der Waals surface area contributed by atoms with E-state index in [0.717, 1.165) is 29.5 Å². The van der Waals surface area contributed by atoms with Gasteiger partial charge in [-0.1, -0.05) is 18.2 Å². The average Bonchev–Trinajstić information content (AvgIpc) is 2.47. The van der Waals surface area contributed by atoms with Gasteiger partial charge in [-0.2, -0.15) is 5.26 Å². The molecule has 1 saturated heterocycles. The summed E-state index contributed by atoms with van der Waals surface area (Å²) in [6.45, 7) is 5.29. The van der Waals surface area contributed by atoms with Gasteiger partial charge < -0.3 is 4.90 Å². The summed E-state index contributed by atoms with van der Waals surface area (Å²) >= 11 is 1.61. The Labute approximate surface area is 125 Å². The van der Waals surface area contributed by atoms with Crippen LogP contribution < -0.4 is 0 Å². The van der Waals surface area contributed by atoms with Crippen LogP contribution in [0.5, 0.6) is 0 Å². The van der Waals surface area contributed by atoms with Crippen LogP contribution in [0.15, 0.2) is 18.2 Å². The van der Waals surface area contributed by atoms with Gasteiger partial charge in [0.15, 0.2) is 0 Å². The number of aryl methyl sites for hydroxylation is 2. The first-order valence-electron chi connectivity index (χ1n) is 6.85. The summed E-state index contributed by atoms with van der Waals surface area (Å²) in [5, 5.41) is 9.30. The SMILES string of the molecule is CSC1(C#N)CCN(C(=O)c2c(C)cccc2C)CC1. The fourth-order valence-electron chi connectivity index (χ4n) is 2.74. The highest BCUT2D eigenvalue weighted by Gasteiger charge is 2.36. The van der Waals surface area contributed by atoms with Gasteiger partial charge in [-0.25, -0.2) is 0 Å². The van der Waals surface area contributed by atoms with E-state index in [1.165, 1.54) is 0 Å². The molecule has 0 spiro atoms. The number of thioether (sulfide) groups is 1. The van der Waals surface area contributed by atoms with Gasteiger partial charge in [0.25, 0.3) is 5.91 Å². The van der Waals surface area contributed by atoms with Crippen LogP contribution in [0, 0.1) is 25.2 Å². The molecule has 0 bridgehead atoms. The average molecular weight is 288 g/mol. The summed E-state index contributed by atoms with van der Waals surface area (Å²) in [6, 6.07) is 8.35. The minimum absolute atomic E-state index is 0.105. The van der Waals surface area contributed by atoms with Gasteiger partial charge in [-0.3, -0.25) is 4.79 Å². The summed E-state index contributed by atoms with van der Waals surface area (Å²) in [6.07, 6.45) is 3.48. The number of benzene rings is 1. The van der Waals surface area contributed by atoms with Crippen LogP contribution in [-0.2, 0) is 0 Å². The fourth-order valence-corrected chi connectivity index (χ4v) is 3.42. The lowest BCUT2D eigenvalue weighted by Gasteiger charge is -2.36. The first-order valence-corrected chi connectivity index (χ1v) is 8.07. The second-order valence-corrected chi connectivity index (χ2v) is 6.56. The van der Waals surface area contributed by atoms with Crippen molar-refractivity contribution in [1.82, 2.24) is 4.90 Å². The Balaban J connectivity index is 2.16. The number of rotatable bonds is 2. The zero-order valence-corrected chi connectivity index (χ0v) is 13.1. The van der Waals surface area contributed by atoms with E-state index in [0.29, 0.717) is 13.1 Å². The second kappa shape index (κ2) is 5.88. The highest BCUT2D eigenvalue weighted by Crippen LogP contribution is 2.34. The lowest BCUT2D eigenvalue weighted by atomic mass is 9.95. The predicted octanol–water partition coefficient (Wildman–Crippen LogP) is 3.16. The summed E-state index contributed by atoms with van der Waals surface area (Å²) < 4.78 is -0.308. The molecular weight excluding hydrogens is 268 g/mol. The van der Waals surface area contributed by atoms with Crippen LogP contribution in [0.4, 0.5) is 0 Å². The zero-order valence-electron chi connectivity index (χ0n) is 12.3. The molecule has 1 fully saturated rings. The molecule has 1 aromatic rings. The molecule has 0 atom stereocenters. The normalized spacial score (nSPS) is 17.6. The summed E-state index contributed by atoms with van der Waals surface area (Å²) in [5.74, 6) is 0.105. The van der Waals surface area contributed by atoms with E-state index in [1.807, 2.05) is 43.2 Å². The number of likely N-dealkylation sites (tertiary alicyclic amines) is 1. The van der Waals surface area contributed by atoms with Gasteiger partial charge in [0.1, 0.15) is 4.75 Å². The zero-order chi connectivity index (χ0) is 14.8. The van der Waals surface area contributed by atoms with Crippen LogP contribution in [-0.4, -0.2) is 34.9 Å². The van der Waals surface area contributed by atoms with E-state index in [9.17, 15) is 10.1 Å². The quantitative estimate of drug-likeness (QED) is 0.839. The smallest absolute Gasteiger partial charge is 0.254 e. The maximum absolute atomic E-state index is 12.7. The molecule has 1 aliphatic rings. The molecule has 0 saturated carbocycles. The molecule has 4 heteroatoms. The highest BCUT2D eigenvalue weighted by atomic mass is 32.2. The summed E-state index contributed by atoms with van der Waals surface area (Å²) in [7, 11) is 0. The minimum atomic E-state index is -0.308. The first kappa shape index (κ1) is 14.9. The number of amides is 1. The molecule has 0 aromatic heterocycles. The Morgan fingerprint density at radius 3 is 2.30 bits per heavy atom. The van der Waals surface area contributed by atoms with Gasteiger partial charge in [0.2, 0.25) is 0 Å². The van der Waals surface area contributed by atoms with E-state index in [-0.39, 0.29) is 10.7 Å². The predicted molar refractivity (Wildman–Crippen MR) is 82.9 cm³/mol. The van der Waals surface area contributed by atoms with Crippen molar-refractivity contribution in [3.8, 4) is 6.07 Å². The standard InChI is InChI=1S/C16H20N2OS/c1-12-5-4-6-13(2)14(12)15(19)18-9-7-16(11-17,20-3)8-10-18/h4-6H,7-10H2,1-3H3. The van der Waals surface area contributed by atoms with Crippen molar-refractivity contribution < 1.29 is 4.79 Å². The van der Waals surface area contributed by atoms with Crippen molar-refractivity contribution in [3.63, 3.8) is 0 Å². The number of carbonyl (C=O) groups is 1. The Morgan fingerprint density at radius 1 is 1.30 bits per heavy atom. The van der Waals surface area contributed by atoms with Gasteiger partial charge in [-0.05, 0) is 44.1 Å². The highest BCUT2D eigenvalue weighted by molar-refractivity contribution is 8.00. The molecule has 0 N–H and O–H groups in total. The van der Waals surface area contributed by atoms with Crippen molar-refractivity contribution in [2.75, 3.05) is 19.3 Å². The van der Waals surface area contributed by atoms with E-state index in [4.69, 9.17) is 0 Å². The molecule has 1 amide bonds. The van der Waals surface area contributed by atoms with E-state index in [2.05, 4.69) is 6.07 Å². The van der Waals surface area contributed by atoms with Gasteiger partial charge in [0, 0.05) is 18.7 Å². The Kier molecular flexibility index (Phi) is 4.39. The van der Waals surface area contributed by atoms with Crippen molar-refractivity contribution >= 4 is 17.7 Å². The van der Waals surface area contributed by atoms with Crippen LogP contribution in [0.1, 0.15) is 34.3 Å². The van der Waals surface area contributed by atoms with E-state index >= 15 is 0 Å². The molecule has 0 aliphatic carbocycles. The molecule has 1 aromatic carbocycles. The number of piperidine rings is 1. The maximum atomic E-state index is 12.7. The van der Waals surface area contributed by atoms with Crippen molar-refractivity contribution in [1.29, 1.82) is 5.26 Å². The summed E-state index contributed by atoms with van der Waals surface area (Å²) in [4.78, 5) is 14.6. The molecule has 1 heterocycles. The maximum Gasteiger partial charge on any atom is 0.254 e. The monoisotopic (exact) mass is 288 g/mol. The van der Waals surface area contributed by atoms with E-state index in [1.54, 1.807) is 11.8 Å². The fraction of sp³-hybridized carbons (Fsp3) is 0.500. The number of nitriles is 1. The van der Waals surface area contributed by atoms with E-state index < -0.39 is 0 Å². The lowest BCUT2D eigenvalue weighted by Crippen LogP contribution is -2.44. The Hall–Kier alpha value is -1.47. The number of hydrogen-bond donors (Lipinski definition) is 0. The van der Waals surface area contributed by atoms with Gasteiger partial charge in [0.05, 0.1) is 6.07 Å². The van der Waals surface area contributed by atoms with Gasteiger partial charge in [-0.15, -0.1) is 11.8 Å². The Morgan fingerprint density at radius 2 is 1.85 bits per heavy atom. The molecule has 106 valence electrons. The third-order valence-electron chi connectivity index (χ3n) is 4.15. The van der Waals surface area contributed by atoms with Crippen molar-refractivity contribution in [2.24, 2.45) is 0 Å². The first-order chi connectivity index (χ1) is 9.53. The largest absolute Gasteiger partial charge is 0.338 e. The minimum Gasteiger partial charge on any atom is -0.338 e. The molecular formula is C16H20N2OS. The topological polar surface area (TPSA) is 44.1 Å². The molecule has 3 nitrogen and oxygen atoms in total. The second-order valence-electron chi connectivity index (χ2n) is 5.37. The van der Waals surface area contributed by atoms with Crippen molar-refractivity contribution in [3.05, 3.63) is 34.9 Å². The van der Waals surface area contributed by atoms with Crippen molar-refractivity contribution in [2.45, 2.75) is 31.4 Å². The van der Waals surface area contributed by atoms with Crippen LogP contribution >= 0.6 is 11.8 Å². The third kappa shape index (κ3) is 2.69. The lowest BCUT2D eigenvalue weighted by molar-refractivity contribution is 0.0715. The Bertz CT molecular complexity index is 534. The van der Waals surface area contributed by atoms with Crippen LogP contribution in [0.25, 0.3) is 0 Å². The molecule has 20 heavy (non-hydrogen) atoms.